The van der Waals surface area contributed by atoms with Crippen molar-refractivity contribution in [3.63, 3.8) is 0 Å². The Kier molecular flexibility index (Phi) is 4.20. The van der Waals surface area contributed by atoms with Crippen LogP contribution in [0.4, 0.5) is 0 Å². The van der Waals surface area contributed by atoms with Crippen molar-refractivity contribution in [2.45, 2.75) is 32.3 Å². The molecule has 1 aliphatic heterocycles. The summed E-state index contributed by atoms with van der Waals surface area (Å²) >= 11 is 0. The van der Waals surface area contributed by atoms with Gasteiger partial charge in [-0.25, -0.2) is 0 Å². The monoisotopic (exact) mass is 249 g/mol. The summed E-state index contributed by atoms with van der Waals surface area (Å²) in [6.07, 6.45) is 3.34. The number of hydrogen-bond donors (Lipinski definition) is 2. The molecule has 1 aliphatic rings. The highest BCUT2D eigenvalue weighted by Gasteiger charge is 2.17. The van der Waals surface area contributed by atoms with Crippen molar-refractivity contribution < 1.29 is 14.6 Å². The Labute approximate surface area is 107 Å². The van der Waals surface area contributed by atoms with Gasteiger partial charge in [0.2, 0.25) is 0 Å². The third kappa shape index (κ3) is 3.01. The van der Waals surface area contributed by atoms with Crippen LogP contribution in [0.2, 0.25) is 0 Å². The summed E-state index contributed by atoms with van der Waals surface area (Å²) in [4.78, 5) is 11.9. The molecule has 4 nitrogen and oxygen atoms in total. The predicted molar refractivity (Wildman–Crippen MR) is 68.8 cm³/mol. The maximum absolute atomic E-state index is 11.9. The summed E-state index contributed by atoms with van der Waals surface area (Å²) < 4.78 is 5.54. The summed E-state index contributed by atoms with van der Waals surface area (Å²) in [7, 11) is 0. The summed E-state index contributed by atoms with van der Waals surface area (Å²) in [5, 5.41) is 12.6. The molecule has 0 radical (unpaired) electrons. The summed E-state index contributed by atoms with van der Waals surface area (Å²) in [6.45, 7) is 3.05. The number of carbonyl (C=O) groups excluding carboxylic acids is 1. The molecule has 1 saturated heterocycles. The Morgan fingerprint density at radius 1 is 1.50 bits per heavy atom. The lowest BCUT2D eigenvalue weighted by molar-refractivity contribution is 0.0169. The van der Waals surface area contributed by atoms with Crippen LogP contribution in [-0.2, 0) is 4.74 Å². The third-order valence-corrected chi connectivity index (χ3v) is 3.25. The van der Waals surface area contributed by atoms with E-state index in [1.54, 1.807) is 25.1 Å². The molecule has 2 N–H and O–H groups in total. The zero-order valence-electron chi connectivity index (χ0n) is 10.6. The van der Waals surface area contributed by atoms with E-state index in [0.717, 1.165) is 25.9 Å². The number of aryl methyl sites for hydroxylation is 1. The molecular formula is C14H19NO3. The van der Waals surface area contributed by atoms with Gasteiger partial charge in [-0.2, -0.15) is 0 Å². The van der Waals surface area contributed by atoms with Gasteiger partial charge in [-0.1, -0.05) is 12.1 Å². The van der Waals surface area contributed by atoms with Crippen LogP contribution >= 0.6 is 0 Å². The summed E-state index contributed by atoms with van der Waals surface area (Å²) in [5.41, 5.74) is 1.03. The van der Waals surface area contributed by atoms with Crippen LogP contribution in [0, 0.1) is 6.92 Å². The van der Waals surface area contributed by atoms with Gasteiger partial charge in [0.05, 0.1) is 11.7 Å². The van der Waals surface area contributed by atoms with Gasteiger partial charge < -0.3 is 15.2 Å². The molecule has 18 heavy (non-hydrogen) atoms. The smallest absolute Gasteiger partial charge is 0.255 e. The zero-order valence-corrected chi connectivity index (χ0v) is 10.6. The first-order chi connectivity index (χ1) is 8.68. The first-order valence-electron chi connectivity index (χ1n) is 6.37. The Morgan fingerprint density at radius 3 is 3.06 bits per heavy atom. The average molecular weight is 249 g/mol. The lowest BCUT2D eigenvalue weighted by Crippen LogP contribution is -2.35. The molecule has 1 aromatic rings. The largest absolute Gasteiger partial charge is 0.507 e. The number of aromatic hydroxyl groups is 1. The van der Waals surface area contributed by atoms with Crippen LogP contribution in [0.25, 0.3) is 0 Å². The first kappa shape index (κ1) is 12.9. The van der Waals surface area contributed by atoms with Crippen LogP contribution in [0.5, 0.6) is 5.75 Å². The molecule has 0 aliphatic carbocycles. The van der Waals surface area contributed by atoms with Crippen LogP contribution in [0.3, 0.4) is 0 Å². The number of nitrogens with one attached hydrogen (secondary N) is 1. The van der Waals surface area contributed by atoms with E-state index >= 15 is 0 Å². The van der Waals surface area contributed by atoms with E-state index in [1.165, 1.54) is 0 Å². The number of carbonyl (C=O) groups is 1. The minimum Gasteiger partial charge on any atom is -0.507 e. The normalized spacial score (nSPS) is 19.5. The van der Waals surface area contributed by atoms with Gasteiger partial charge in [-0.15, -0.1) is 0 Å². The third-order valence-electron chi connectivity index (χ3n) is 3.25. The molecule has 0 saturated carbocycles. The highest BCUT2D eigenvalue weighted by Crippen LogP contribution is 2.21. The Bertz CT molecular complexity index is 425. The van der Waals surface area contributed by atoms with Gasteiger partial charge in [0.25, 0.3) is 5.91 Å². The van der Waals surface area contributed by atoms with Crippen LogP contribution in [0.1, 0.15) is 35.2 Å². The van der Waals surface area contributed by atoms with Crippen LogP contribution < -0.4 is 5.32 Å². The van der Waals surface area contributed by atoms with Crippen molar-refractivity contribution >= 4 is 5.91 Å². The van der Waals surface area contributed by atoms with Crippen molar-refractivity contribution in [2.75, 3.05) is 13.2 Å². The van der Waals surface area contributed by atoms with Crippen molar-refractivity contribution in [1.29, 1.82) is 0 Å². The SMILES string of the molecule is Cc1cccc(C(=O)NCC2CCCCO2)c1O. The summed E-state index contributed by atoms with van der Waals surface area (Å²) in [6, 6.07) is 5.16. The number of amides is 1. The highest BCUT2D eigenvalue weighted by molar-refractivity contribution is 5.97. The molecule has 1 unspecified atom stereocenters. The second-order valence-electron chi connectivity index (χ2n) is 4.67. The van der Waals surface area contributed by atoms with Crippen molar-refractivity contribution in [3.8, 4) is 5.75 Å². The molecule has 0 bridgehead atoms. The number of para-hydroxylation sites is 1. The minimum absolute atomic E-state index is 0.0552. The molecule has 0 aromatic heterocycles. The molecule has 1 fully saturated rings. The summed E-state index contributed by atoms with van der Waals surface area (Å²) in [5.74, 6) is -0.190. The Balaban J connectivity index is 1.93. The van der Waals surface area contributed by atoms with E-state index in [9.17, 15) is 9.90 Å². The fraction of sp³-hybridized carbons (Fsp3) is 0.500. The number of phenols is 1. The molecule has 1 atom stereocenters. The molecule has 2 rings (SSSR count). The molecule has 1 aromatic carbocycles. The standard InChI is InChI=1S/C14H19NO3/c1-10-5-4-7-12(13(10)16)14(17)15-9-11-6-2-3-8-18-11/h4-5,7,11,16H,2-3,6,8-9H2,1H3,(H,15,17). The van der Waals surface area contributed by atoms with Crippen molar-refractivity contribution in [3.05, 3.63) is 29.3 Å². The van der Waals surface area contributed by atoms with Crippen molar-refractivity contribution in [2.24, 2.45) is 0 Å². The Morgan fingerprint density at radius 2 is 2.33 bits per heavy atom. The number of ether oxygens (including phenoxy) is 1. The number of benzene rings is 1. The molecule has 1 heterocycles. The van der Waals surface area contributed by atoms with Crippen LogP contribution in [-0.4, -0.2) is 30.3 Å². The Hall–Kier alpha value is -1.55. The lowest BCUT2D eigenvalue weighted by atomic mass is 10.1. The van der Waals surface area contributed by atoms with Gasteiger partial charge >= 0.3 is 0 Å². The number of rotatable bonds is 3. The van der Waals surface area contributed by atoms with E-state index in [-0.39, 0.29) is 17.8 Å². The first-order valence-corrected chi connectivity index (χ1v) is 6.37. The molecule has 1 amide bonds. The van der Waals surface area contributed by atoms with Gasteiger partial charge in [0.15, 0.2) is 0 Å². The molecule has 98 valence electrons. The average Bonchev–Trinajstić information content (AvgIpc) is 2.40. The van der Waals surface area contributed by atoms with E-state index in [1.807, 2.05) is 0 Å². The minimum atomic E-state index is -0.245. The maximum Gasteiger partial charge on any atom is 0.255 e. The predicted octanol–water partition coefficient (Wildman–Crippen LogP) is 2.00. The maximum atomic E-state index is 11.9. The van der Waals surface area contributed by atoms with Gasteiger partial charge in [0, 0.05) is 13.2 Å². The second-order valence-corrected chi connectivity index (χ2v) is 4.67. The second kappa shape index (κ2) is 5.87. The quantitative estimate of drug-likeness (QED) is 0.861. The molecular weight excluding hydrogens is 230 g/mol. The molecule has 4 heteroatoms. The van der Waals surface area contributed by atoms with E-state index in [0.29, 0.717) is 17.7 Å². The van der Waals surface area contributed by atoms with E-state index < -0.39 is 0 Å². The highest BCUT2D eigenvalue weighted by atomic mass is 16.5. The zero-order chi connectivity index (χ0) is 13.0. The van der Waals surface area contributed by atoms with E-state index in [2.05, 4.69) is 5.32 Å². The van der Waals surface area contributed by atoms with E-state index in [4.69, 9.17) is 4.74 Å². The fourth-order valence-corrected chi connectivity index (χ4v) is 2.11. The fourth-order valence-electron chi connectivity index (χ4n) is 2.11. The number of hydrogen-bond acceptors (Lipinski definition) is 3. The topological polar surface area (TPSA) is 58.6 Å². The molecule has 0 spiro atoms. The lowest BCUT2D eigenvalue weighted by Gasteiger charge is -2.22. The number of phenolic OH excluding ortho intramolecular Hbond substituents is 1. The van der Waals surface area contributed by atoms with Crippen molar-refractivity contribution in [1.82, 2.24) is 5.32 Å². The van der Waals surface area contributed by atoms with Gasteiger partial charge in [0.1, 0.15) is 5.75 Å². The van der Waals surface area contributed by atoms with Gasteiger partial charge in [-0.3, -0.25) is 4.79 Å². The van der Waals surface area contributed by atoms with Crippen LogP contribution in [0.15, 0.2) is 18.2 Å². The van der Waals surface area contributed by atoms with Gasteiger partial charge in [-0.05, 0) is 37.8 Å².